The second-order valence-corrected chi connectivity index (χ2v) is 8.95. The summed E-state index contributed by atoms with van der Waals surface area (Å²) in [6, 6.07) is 18.5. The summed E-state index contributed by atoms with van der Waals surface area (Å²) in [4.78, 5) is 0. The van der Waals surface area contributed by atoms with Crippen molar-refractivity contribution >= 4 is 11.8 Å². The normalized spacial score (nSPS) is 11.7. The van der Waals surface area contributed by atoms with Crippen molar-refractivity contribution in [1.82, 2.24) is 35.0 Å². The molecular weight excluding hydrogens is 394 g/mol. The average Bonchev–Trinajstić information content (AvgIpc) is 3.39. The lowest BCUT2D eigenvalue weighted by atomic mass is 9.87. The second-order valence-electron chi connectivity index (χ2n) is 8.01. The van der Waals surface area contributed by atoms with Gasteiger partial charge in [0.1, 0.15) is 0 Å². The Balaban J connectivity index is 1.55. The van der Waals surface area contributed by atoms with Crippen LogP contribution < -0.4 is 0 Å². The van der Waals surface area contributed by atoms with Crippen molar-refractivity contribution in [2.24, 2.45) is 0 Å². The third-order valence-electron chi connectivity index (χ3n) is 4.91. The van der Waals surface area contributed by atoms with E-state index < -0.39 is 0 Å². The molecule has 0 saturated carbocycles. The molecule has 0 aliphatic rings. The van der Waals surface area contributed by atoms with Crippen molar-refractivity contribution in [2.45, 2.75) is 50.6 Å². The largest absolute Gasteiger partial charge is 0.302 e. The van der Waals surface area contributed by atoms with Gasteiger partial charge < -0.3 is 4.57 Å². The maximum atomic E-state index is 4.46. The summed E-state index contributed by atoms with van der Waals surface area (Å²) in [5, 5.41) is 21.9. The molecule has 4 rings (SSSR count). The number of rotatable bonds is 6. The van der Waals surface area contributed by atoms with Crippen LogP contribution in [0.15, 0.2) is 59.8 Å². The zero-order valence-electron chi connectivity index (χ0n) is 17.6. The average molecular weight is 420 g/mol. The van der Waals surface area contributed by atoms with Gasteiger partial charge in [-0.2, -0.15) is 4.68 Å². The number of aromatic nitrogens is 7. The number of hydrogen-bond donors (Lipinski definition) is 0. The van der Waals surface area contributed by atoms with E-state index in [0.29, 0.717) is 5.75 Å². The fraction of sp³-hybridized carbons (Fsp3) is 0.318. The molecule has 0 fully saturated rings. The molecule has 7 nitrogen and oxygen atoms in total. The highest BCUT2D eigenvalue weighted by atomic mass is 32.2. The fourth-order valence-corrected chi connectivity index (χ4v) is 4.12. The summed E-state index contributed by atoms with van der Waals surface area (Å²) in [7, 11) is 0. The number of hydrogen-bond acceptors (Lipinski definition) is 6. The zero-order chi connectivity index (χ0) is 21.1. The molecule has 0 saturated heterocycles. The highest BCUT2D eigenvalue weighted by molar-refractivity contribution is 7.98. The first kappa shape index (κ1) is 20.3. The van der Waals surface area contributed by atoms with E-state index in [4.69, 9.17) is 0 Å². The Morgan fingerprint density at radius 2 is 1.63 bits per heavy atom. The molecule has 2 aromatic heterocycles. The van der Waals surface area contributed by atoms with E-state index in [1.54, 1.807) is 16.4 Å². The summed E-state index contributed by atoms with van der Waals surface area (Å²) < 4.78 is 3.89. The number of tetrazole rings is 1. The van der Waals surface area contributed by atoms with Crippen LogP contribution >= 0.6 is 11.8 Å². The lowest BCUT2D eigenvalue weighted by molar-refractivity contribution is 0.590. The maximum Gasteiger partial charge on any atom is 0.191 e. The predicted molar refractivity (Wildman–Crippen MR) is 119 cm³/mol. The van der Waals surface area contributed by atoms with Gasteiger partial charge in [0, 0.05) is 12.1 Å². The van der Waals surface area contributed by atoms with Gasteiger partial charge in [0.05, 0.1) is 11.4 Å². The molecule has 2 heterocycles. The molecule has 154 valence electrons. The van der Waals surface area contributed by atoms with E-state index in [1.807, 2.05) is 30.3 Å². The number of para-hydroxylation sites is 1. The third-order valence-corrected chi connectivity index (χ3v) is 5.87. The van der Waals surface area contributed by atoms with Crippen LogP contribution in [0.5, 0.6) is 0 Å². The molecule has 0 aliphatic heterocycles. The van der Waals surface area contributed by atoms with Gasteiger partial charge >= 0.3 is 0 Å². The van der Waals surface area contributed by atoms with E-state index in [1.165, 1.54) is 5.56 Å². The predicted octanol–water partition coefficient (Wildman–Crippen LogP) is 4.53. The van der Waals surface area contributed by atoms with Crippen LogP contribution in [-0.4, -0.2) is 35.0 Å². The minimum Gasteiger partial charge on any atom is -0.302 e. The standard InChI is InChI=1S/C22H25N7S/c1-5-28-20(16-11-13-17(14-12-16)22(2,3)4)24-25-21(28)30-15-19-23-26-27-29(19)18-9-7-6-8-10-18/h6-14H,5,15H2,1-4H3. The van der Waals surface area contributed by atoms with Gasteiger partial charge in [0.25, 0.3) is 0 Å². The quantitative estimate of drug-likeness (QED) is 0.428. The number of nitrogens with zero attached hydrogens (tertiary/aromatic N) is 7. The van der Waals surface area contributed by atoms with Crippen molar-refractivity contribution in [2.75, 3.05) is 0 Å². The smallest absolute Gasteiger partial charge is 0.191 e. The van der Waals surface area contributed by atoms with E-state index in [2.05, 4.69) is 82.3 Å². The van der Waals surface area contributed by atoms with Crippen LogP contribution in [-0.2, 0) is 17.7 Å². The van der Waals surface area contributed by atoms with E-state index >= 15 is 0 Å². The minimum atomic E-state index is 0.126. The second kappa shape index (κ2) is 8.39. The Labute approximate surface area is 180 Å². The van der Waals surface area contributed by atoms with Gasteiger partial charge in [-0.05, 0) is 40.5 Å². The Morgan fingerprint density at radius 3 is 2.30 bits per heavy atom. The van der Waals surface area contributed by atoms with Crippen molar-refractivity contribution in [3.63, 3.8) is 0 Å². The van der Waals surface area contributed by atoms with Crippen molar-refractivity contribution in [3.8, 4) is 17.1 Å². The molecule has 0 unspecified atom stereocenters. The highest BCUT2D eigenvalue weighted by Gasteiger charge is 2.17. The third kappa shape index (κ3) is 4.14. The Hall–Kier alpha value is -3.00. The molecule has 0 atom stereocenters. The first-order valence-corrected chi connectivity index (χ1v) is 11.0. The Bertz CT molecular complexity index is 1110. The molecule has 0 aliphatic carbocycles. The monoisotopic (exact) mass is 419 g/mol. The minimum absolute atomic E-state index is 0.126. The van der Waals surface area contributed by atoms with Gasteiger partial charge in [-0.3, -0.25) is 0 Å². The molecule has 0 spiro atoms. The van der Waals surface area contributed by atoms with Crippen LogP contribution in [0.4, 0.5) is 0 Å². The molecule has 2 aromatic carbocycles. The molecular formula is C22H25N7S. The Kier molecular flexibility index (Phi) is 5.67. The molecule has 0 N–H and O–H groups in total. The van der Waals surface area contributed by atoms with Gasteiger partial charge in [-0.1, -0.05) is 75.0 Å². The summed E-state index contributed by atoms with van der Waals surface area (Å²) in [5.41, 5.74) is 3.44. The summed E-state index contributed by atoms with van der Waals surface area (Å²) in [6.45, 7) is 9.54. The van der Waals surface area contributed by atoms with Gasteiger partial charge in [0.2, 0.25) is 0 Å². The summed E-state index contributed by atoms with van der Waals surface area (Å²) in [5.74, 6) is 2.25. The van der Waals surface area contributed by atoms with Crippen LogP contribution in [0.3, 0.4) is 0 Å². The number of benzene rings is 2. The van der Waals surface area contributed by atoms with Crippen molar-refractivity contribution in [3.05, 3.63) is 66.0 Å². The van der Waals surface area contributed by atoms with Crippen LogP contribution in [0.2, 0.25) is 0 Å². The van der Waals surface area contributed by atoms with Gasteiger partial charge in [-0.15, -0.1) is 15.3 Å². The Morgan fingerprint density at radius 1 is 0.900 bits per heavy atom. The van der Waals surface area contributed by atoms with Gasteiger partial charge in [-0.25, -0.2) is 0 Å². The van der Waals surface area contributed by atoms with Crippen LogP contribution in [0, 0.1) is 0 Å². The topological polar surface area (TPSA) is 74.3 Å². The zero-order valence-corrected chi connectivity index (χ0v) is 18.5. The molecule has 30 heavy (non-hydrogen) atoms. The number of thioether (sulfide) groups is 1. The molecule has 4 aromatic rings. The highest BCUT2D eigenvalue weighted by Crippen LogP contribution is 2.28. The summed E-state index contributed by atoms with van der Waals surface area (Å²) in [6.07, 6.45) is 0. The molecule has 0 amide bonds. The molecule has 0 radical (unpaired) electrons. The van der Waals surface area contributed by atoms with Crippen molar-refractivity contribution < 1.29 is 0 Å². The van der Waals surface area contributed by atoms with Gasteiger partial charge in [0.15, 0.2) is 16.8 Å². The first-order chi connectivity index (χ1) is 14.5. The van der Waals surface area contributed by atoms with Crippen molar-refractivity contribution in [1.29, 1.82) is 0 Å². The molecule has 0 bridgehead atoms. The lowest BCUT2D eigenvalue weighted by Crippen LogP contribution is -2.10. The molecule has 8 heteroatoms. The lowest BCUT2D eigenvalue weighted by Gasteiger charge is -2.19. The van der Waals surface area contributed by atoms with E-state index in [0.717, 1.165) is 34.6 Å². The maximum absolute atomic E-state index is 4.46. The van der Waals surface area contributed by atoms with E-state index in [9.17, 15) is 0 Å². The first-order valence-electron chi connectivity index (χ1n) is 9.97. The van der Waals surface area contributed by atoms with Crippen LogP contribution in [0.1, 0.15) is 39.1 Å². The SMILES string of the molecule is CCn1c(SCc2nnnn2-c2ccccc2)nnc1-c1ccc(C(C)(C)C)cc1. The fourth-order valence-electron chi connectivity index (χ4n) is 3.21. The summed E-state index contributed by atoms with van der Waals surface area (Å²) >= 11 is 1.59. The van der Waals surface area contributed by atoms with E-state index in [-0.39, 0.29) is 5.41 Å². The van der Waals surface area contributed by atoms with Crippen LogP contribution in [0.25, 0.3) is 17.1 Å².